The summed E-state index contributed by atoms with van der Waals surface area (Å²) in [5.74, 6) is -0.427. The van der Waals surface area contributed by atoms with Crippen LogP contribution >= 0.6 is 0 Å². The average molecular weight is 272 g/mol. The van der Waals surface area contributed by atoms with Gasteiger partial charge in [-0.15, -0.1) is 0 Å². The second kappa shape index (κ2) is 5.24. The Morgan fingerprint density at radius 1 is 1.50 bits per heavy atom. The van der Waals surface area contributed by atoms with Crippen LogP contribution in [0.25, 0.3) is 11.1 Å². The number of aryl methyl sites for hydroxylation is 1. The van der Waals surface area contributed by atoms with Crippen molar-refractivity contribution in [1.82, 2.24) is 14.8 Å². The largest absolute Gasteiger partial charge is 0.417 e. The van der Waals surface area contributed by atoms with E-state index in [4.69, 9.17) is 4.42 Å². The molecule has 6 nitrogen and oxygen atoms in total. The van der Waals surface area contributed by atoms with Gasteiger partial charge in [0.25, 0.3) is 0 Å². The molecule has 3 aromatic rings. The minimum atomic E-state index is -0.427. The zero-order valence-electron chi connectivity index (χ0n) is 11.2. The Morgan fingerprint density at radius 3 is 3.20 bits per heavy atom. The highest BCUT2D eigenvalue weighted by molar-refractivity contribution is 5.76. The average Bonchev–Trinajstić information content (AvgIpc) is 3.04. The first-order valence-corrected chi connectivity index (χ1v) is 6.57. The Labute approximate surface area is 115 Å². The first-order valence-electron chi connectivity index (χ1n) is 6.57. The Kier molecular flexibility index (Phi) is 3.28. The summed E-state index contributed by atoms with van der Waals surface area (Å²) >= 11 is 0. The van der Waals surface area contributed by atoms with Gasteiger partial charge in [-0.3, -0.25) is 9.67 Å². The van der Waals surface area contributed by atoms with Crippen LogP contribution in [0.1, 0.15) is 13.3 Å². The molecule has 0 fully saturated rings. The highest BCUT2D eigenvalue weighted by atomic mass is 16.4. The van der Waals surface area contributed by atoms with Crippen molar-refractivity contribution in [3.8, 4) is 0 Å². The number of hydrogen-bond acceptors (Lipinski definition) is 4. The first kappa shape index (κ1) is 12.5. The summed E-state index contributed by atoms with van der Waals surface area (Å²) in [7, 11) is 0. The summed E-state index contributed by atoms with van der Waals surface area (Å²) in [5, 5.41) is 7.58. The Balaban J connectivity index is 1.64. The van der Waals surface area contributed by atoms with E-state index in [1.165, 1.54) is 0 Å². The van der Waals surface area contributed by atoms with Crippen LogP contribution in [0.15, 0.2) is 45.9 Å². The number of aromatic amines is 1. The van der Waals surface area contributed by atoms with Gasteiger partial charge >= 0.3 is 5.76 Å². The first-order chi connectivity index (χ1) is 9.70. The van der Waals surface area contributed by atoms with E-state index in [2.05, 4.69) is 22.3 Å². The number of hydrogen-bond donors (Lipinski definition) is 2. The molecule has 1 aromatic carbocycles. The predicted molar refractivity (Wildman–Crippen MR) is 76.8 cm³/mol. The molecule has 0 aliphatic heterocycles. The van der Waals surface area contributed by atoms with Crippen molar-refractivity contribution in [2.24, 2.45) is 0 Å². The molecule has 0 amide bonds. The van der Waals surface area contributed by atoms with Gasteiger partial charge in [0.2, 0.25) is 0 Å². The maximum absolute atomic E-state index is 11.1. The molecule has 104 valence electrons. The molecule has 0 aliphatic rings. The number of nitrogens with one attached hydrogen (secondary N) is 2. The molecule has 0 bridgehead atoms. The number of H-pyrrole nitrogens is 1. The smallest absolute Gasteiger partial charge is 0.408 e. The molecule has 0 saturated heterocycles. The van der Waals surface area contributed by atoms with Crippen LogP contribution in [0.3, 0.4) is 0 Å². The van der Waals surface area contributed by atoms with Gasteiger partial charge in [-0.05, 0) is 37.6 Å². The van der Waals surface area contributed by atoms with Gasteiger partial charge in [0.05, 0.1) is 5.52 Å². The molecular formula is C14H16N4O2. The van der Waals surface area contributed by atoms with E-state index in [9.17, 15) is 4.79 Å². The number of anilines is 1. The van der Waals surface area contributed by atoms with Gasteiger partial charge in [0.1, 0.15) is 0 Å². The van der Waals surface area contributed by atoms with Crippen molar-refractivity contribution in [2.45, 2.75) is 25.9 Å². The Bertz CT molecular complexity index is 742. The third kappa shape index (κ3) is 2.74. The lowest BCUT2D eigenvalue weighted by atomic mass is 10.2. The molecule has 6 heteroatoms. The van der Waals surface area contributed by atoms with Crippen LogP contribution in [0.5, 0.6) is 0 Å². The third-order valence-corrected chi connectivity index (χ3v) is 3.18. The fourth-order valence-corrected chi connectivity index (χ4v) is 2.16. The topological polar surface area (TPSA) is 75.8 Å². The molecule has 1 atom stereocenters. The van der Waals surface area contributed by atoms with Gasteiger partial charge < -0.3 is 9.73 Å². The molecule has 0 radical (unpaired) electrons. The van der Waals surface area contributed by atoms with Crippen LogP contribution in [0, 0.1) is 0 Å². The molecule has 0 saturated carbocycles. The fraction of sp³-hybridized carbons (Fsp3) is 0.286. The predicted octanol–water partition coefficient (Wildman–Crippen LogP) is 2.21. The van der Waals surface area contributed by atoms with E-state index in [1.54, 1.807) is 12.3 Å². The lowest BCUT2D eigenvalue weighted by molar-refractivity contribution is 0.545. The van der Waals surface area contributed by atoms with Crippen LogP contribution in [0.4, 0.5) is 5.69 Å². The minimum Gasteiger partial charge on any atom is -0.408 e. The van der Waals surface area contributed by atoms with Crippen molar-refractivity contribution in [3.05, 3.63) is 47.2 Å². The van der Waals surface area contributed by atoms with E-state index < -0.39 is 5.76 Å². The van der Waals surface area contributed by atoms with Crippen molar-refractivity contribution in [3.63, 3.8) is 0 Å². The lowest BCUT2D eigenvalue weighted by Crippen LogP contribution is -2.17. The van der Waals surface area contributed by atoms with Crippen LogP contribution < -0.4 is 11.1 Å². The van der Waals surface area contributed by atoms with Gasteiger partial charge in [-0.1, -0.05) is 0 Å². The number of nitrogens with zero attached hydrogens (tertiary/aromatic N) is 2. The molecule has 0 spiro atoms. The van der Waals surface area contributed by atoms with E-state index in [1.807, 2.05) is 29.1 Å². The molecule has 0 aliphatic carbocycles. The summed E-state index contributed by atoms with van der Waals surface area (Å²) in [6.45, 7) is 2.98. The van der Waals surface area contributed by atoms with Gasteiger partial charge in [-0.2, -0.15) is 5.10 Å². The molecule has 2 N–H and O–H groups in total. The normalized spacial score (nSPS) is 12.7. The van der Waals surface area contributed by atoms with Gasteiger partial charge in [0, 0.05) is 30.7 Å². The number of benzene rings is 1. The second-order valence-corrected chi connectivity index (χ2v) is 4.83. The molecule has 20 heavy (non-hydrogen) atoms. The second-order valence-electron chi connectivity index (χ2n) is 4.83. The minimum absolute atomic E-state index is 0.301. The van der Waals surface area contributed by atoms with E-state index in [0.717, 1.165) is 18.7 Å². The van der Waals surface area contributed by atoms with Gasteiger partial charge in [-0.25, -0.2) is 4.79 Å². The zero-order chi connectivity index (χ0) is 13.9. The van der Waals surface area contributed by atoms with E-state index >= 15 is 0 Å². The summed E-state index contributed by atoms with van der Waals surface area (Å²) in [5.41, 5.74) is 2.24. The number of aromatic nitrogens is 3. The van der Waals surface area contributed by atoms with E-state index in [-0.39, 0.29) is 0 Å². The molecular weight excluding hydrogens is 256 g/mol. The van der Waals surface area contributed by atoms with Crippen LogP contribution in [0.2, 0.25) is 0 Å². The van der Waals surface area contributed by atoms with Crippen molar-refractivity contribution in [2.75, 3.05) is 5.32 Å². The summed E-state index contributed by atoms with van der Waals surface area (Å²) in [6.07, 6.45) is 4.69. The summed E-state index contributed by atoms with van der Waals surface area (Å²) in [6, 6.07) is 7.79. The quantitative estimate of drug-likeness (QED) is 0.746. The van der Waals surface area contributed by atoms with Crippen molar-refractivity contribution in [1.29, 1.82) is 0 Å². The highest BCUT2D eigenvalue weighted by Crippen LogP contribution is 2.17. The maximum Gasteiger partial charge on any atom is 0.417 e. The summed E-state index contributed by atoms with van der Waals surface area (Å²) < 4.78 is 6.89. The Hall–Kier alpha value is -2.50. The summed E-state index contributed by atoms with van der Waals surface area (Å²) in [4.78, 5) is 13.8. The SMILES string of the molecule is C[C@@H](CCn1cccn1)Nc1ccc2oc(=O)[nH]c2c1. The Morgan fingerprint density at radius 2 is 2.40 bits per heavy atom. The zero-order valence-corrected chi connectivity index (χ0v) is 11.2. The molecule has 0 unspecified atom stereocenters. The van der Waals surface area contributed by atoms with E-state index in [0.29, 0.717) is 17.1 Å². The van der Waals surface area contributed by atoms with Crippen LogP contribution in [-0.4, -0.2) is 20.8 Å². The highest BCUT2D eigenvalue weighted by Gasteiger charge is 2.05. The third-order valence-electron chi connectivity index (χ3n) is 3.18. The van der Waals surface area contributed by atoms with Crippen LogP contribution in [-0.2, 0) is 6.54 Å². The monoisotopic (exact) mass is 272 g/mol. The number of fused-ring (bicyclic) bond motifs is 1. The lowest BCUT2D eigenvalue weighted by Gasteiger charge is -2.15. The molecule has 2 heterocycles. The fourth-order valence-electron chi connectivity index (χ4n) is 2.16. The number of oxazole rings is 1. The number of rotatable bonds is 5. The van der Waals surface area contributed by atoms with Gasteiger partial charge in [0.15, 0.2) is 5.58 Å². The molecule has 3 rings (SSSR count). The maximum atomic E-state index is 11.1. The van der Waals surface area contributed by atoms with Crippen molar-refractivity contribution >= 4 is 16.8 Å². The molecule has 2 aromatic heterocycles. The van der Waals surface area contributed by atoms with Crippen molar-refractivity contribution < 1.29 is 4.42 Å². The standard InChI is InChI=1S/C14H16N4O2/c1-10(5-8-18-7-2-6-15-18)16-11-3-4-13-12(9-11)17-14(19)20-13/h2-4,6-7,9-10,16H,5,8H2,1H3,(H,17,19)/t10-/m0/s1.